The van der Waals surface area contributed by atoms with Crippen molar-refractivity contribution in [2.24, 2.45) is 0 Å². The molecule has 6 heteroatoms. The minimum Gasteiger partial charge on any atom is -0.339 e. The molecule has 2 aromatic carbocycles. The molecule has 2 amide bonds. The lowest BCUT2D eigenvalue weighted by Gasteiger charge is -2.30. The van der Waals surface area contributed by atoms with E-state index in [-0.39, 0.29) is 11.9 Å². The van der Waals surface area contributed by atoms with Crippen LogP contribution in [-0.2, 0) is 0 Å². The molecular weight excluding hydrogens is 364 g/mol. The van der Waals surface area contributed by atoms with Gasteiger partial charge in [-0.3, -0.25) is 0 Å². The summed E-state index contributed by atoms with van der Waals surface area (Å²) < 4.78 is 5.54. The van der Waals surface area contributed by atoms with Crippen molar-refractivity contribution in [1.29, 1.82) is 0 Å². The van der Waals surface area contributed by atoms with Gasteiger partial charge in [-0.05, 0) is 56.9 Å². The van der Waals surface area contributed by atoms with Gasteiger partial charge in [-0.2, -0.15) is 4.98 Å². The van der Waals surface area contributed by atoms with E-state index < -0.39 is 0 Å². The largest absolute Gasteiger partial charge is 0.339 e. The number of hydrogen-bond donors (Lipinski definition) is 1. The van der Waals surface area contributed by atoms with Crippen LogP contribution in [0.2, 0.25) is 0 Å². The summed E-state index contributed by atoms with van der Waals surface area (Å²) in [5.41, 5.74) is 5.27. The first-order chi connectivity index (χ1) is 14.0. The van der Waals surface area contributed by atoms with Gasteiger partial charge in [0.25, 0.3) is 0 Å². The molecule has 0 unspecified atom stereocenters. The second kappa shape index (κ2) is 8.07. The molecule has 1 saturated heterocycles. The van der Waals surface area contributed by atoms with Crippen LogP contribution in [0.1, 0.15) is 41.3 Å². The van der Waals surface area contributed by atoms with Crippen LogP contribution in [0.15, 0.2) is 47.0 Å². The van der Waals surface area contributed by atoms with Crippen molar-refractivity contribution >= 4 is 11.7 Å². The number of carbonyl (C=O) groups is 1. The van der Waals surface area contributed by atoms with Crippen LogP contribution in [0, 0.1) is 20.8 Å². The number of hydrogen-bond acceptors (Lipinski definition) is 4. The van der Waals surface area contributed by atoms with E-state index >= 15 is 0 Å². The molecular formula is C23H26N4O2. The van der Waals surface area contributed by atoms with Gasteiger partial charge in [-0.25, -0.2) is 4.79 Å². The van der Waals surface area contributed by atoms with Gasteiger partial charge in [0.1, 0.15) is 0 Å². The Balaban J connectivity index is 1.37. The molecule has 0 radical (unpaired) electrons. The zero-order valence-electron chi connectivity index (χ0n) is 17.1. The summed E-state index contributed by atoms with van der Waals surface area (Å²) in [5.74, 6) is 1.47. The van der Waals surface area contributed by atoms with Crippen molar-refractivity contribution in [3.05, 3.63) is 65.0 Å². The highest BCUT2D eigenvalue weighted by molar-refractivity contribution is 5.90. The normalized spacial score (nSPS) is 14.8. The molecule has 0 atom stereocenters. The van der Waals surface area contributed by atoms with Crippen molar-refractivity contribution in [3.8, 4) is 11.4 Å². The highest BCUT2D eigenvalue weighted by Crippen LogP contribution is 2.29. The van der Waals surface area contributed by atoms with Crippen LogP contribution < -0.4 is 5.32 Å². The molecule has 0 bridgehead atoms. The molecule has 0 saturated carbocycles. The van der Waals surface area contributed by atoms with E-state index in [9.17, 15) is 4.79 Å². The van der Waals surface area contributed by atoms with Gasteiger partial charge in [-0.1, -0.05) is 41.1 Å². The van der Waals surface area contributed by atoms with Crippen molar-refractivity contribution in [1.82, 2.24) is 15.0 Å². The number of amides is 2. The fourth-order valence-electron chi connectivity index (χ4n) is 3.71. The Hall–Kier alpha value is -3.15. The number of carbonyl (C=O) groups excluding carboxylic acids is 1. The second-order valence-electron chi connectivity index (χ2n) is 7.76. The molecule has 1 aliphatic rings. The van der Waals surface area contributed by atoms with Crippen LogP contribution in [0.3, 0.4) is 0 Å². The van der Waals surface area contributed by atoms with E-state index in [0.717, 1.165) is 35.2 Å². The zero-order chi connectivity index (χ0) is 20.4. The average Bonchev–Trinajstić information content (AvgIpc) is 3.22. The molecule has 1 N–H and O–H groups in total. The quantitative estimate of drug-likeness (QED) is 0.677. The maximum atomic E-state index is 12.7. The number of likely N-dealkylation sites (tertiary alicyclic amines) is 1. The minimum absolute atomic E-state index is 0.0527. The monoisotopic (exact) mass is 390 g/mol. The highest BCUT2D eigenvalue weighted by atomic mass is 16.5. The van der Waals surface area contributed by atoms with Crippen LogP contribution >= 0.6 is 0 Å². The molecule has 29 heavy (non-hydrogen) atoms. The first-order valence-corrected chi connectivity index (χ1v) is 10.0. The van der Waals surface area contributed by atoms with Crippen molar-refractivity contribution in [2.75, 3.05) is 18.4 Å². The first-order valence-electron chi connectivity index (χ1n) is 10.0. The third-order valence-corrected chi connectivity index (χ3v) is 5.70. The number of piperidine rings is 1. The van der Waals surface area contributed by atoms with Gasteiger partial charge in [-0.15, -0.1) is 0 Å². The highest BCUT2D eigenvalue weighted by Gasteiger charge is 2.28. The second-order valence-corrected chi connectivity index (χ2v) is 7.76. The van der Waals surface area contributed by atoms with Gasteiger partial charge in [0.15, 0.2) is 0 Å². The molecule has 1 aromatic heterocycles. The number of nitrogens with zero attached hydrogens (tertiary/aromatic N) is 3. The van der Waals surface area contributed by atoms with E-state index in [0.29, 0.717) is 24.8 Å². The van der Waals surface area contributed by atoms with E-state index in [1.54, 1.807) is 0 Å². The molecule has 6 nitrogen and oxygen atoms in total. The number of rotatable bonds is 3. The summed E-state index contributed by atoms with van der Waals surface area (Å²) in [7, 11) is 0. The molecule has 2 heterocycles. The Morgan fingerprint density at radius 3 is 2.62 bits per heavy atom. The summed E-state index contributed by atoms with van der Waals surface area (Å²) in [6, 6.07) is 14.0. The van der Waals surface area contributed by atoms with E-state index in [1.165, 1.54) is 5.56 Å². The molecule has 1 aliphatic heterocycles. The lowest BCUT2D eigenvalue weighted by molar-refractivity contribution is 0.187. The standard InChI is InChI=1S/C23H26N4O2/c1-15-6-4-8-19(14-15)21-25-22(29-26-21)18-10-12-27(13-11-18)23(28)24-20-9-5-7-16(2)17(20)3/h4-9,14,18H,10-13H2,1-3H3,(H,24,28). The van der Waals surface area contributed by atoms with Crippen LogP contribution in [0.4, 0.5) is 10.5 Å². The van der Waals surface area contributed by atoms with E-state index in [4.69, 9.17) is 4.52 Å². The Kier molecular flexibility index (Phi) is 5.34. The molecule has 0 aliphatic carbocycles. The maximum Gasteiger partial charge on any atom is 0.321 e. The number of nitrogens with one attached hydrogen (secondary N) is 1. The molecule has 1 fully saturated rings. The Bertz CT molecular complexity index is 1020. The average molecular weight is 390 g/mol. The number of anilines is 1. The summed E-state index contributed by atoms with van der Waals surface area (Å²) in [4.78, 5) is 19.1. The van der Waals surface area contributed by atoms with E-state index in [2.05, 4.69) is 21.5 Å². The van der Waals surface area contributed by atoms with E-state index in [1.807, 2.05) is 62.1 Å². The fourth-order valence-corrected chi connectivity index (χ4v) is 3.71. The number of benzene rings is 2. The predicted octanol–water partition coefficient (Wildman–Crippen LogP) is 5.07. The summed E-state index contributed by atoms with van der Waals surface area (Å²) in [5, 5.41) is 7.19. The van der Waals surface area contributed by atoms with Gasteiger partial charge in [0, 0.05) is 30.3 Å². The van der Waals surface area contributed by atoms with Gasteiger partial charge < -0.3 is 14.7 Å². The topological polar surface area (TPSA) is 71.3 Å². The first kappa shape index (κ1) is 19.2. The van der Waals surface area contributed by atoms with Crippen molar-refractivity contribution in [3.63, 3.8) is 0 Å². The Morgan fingerprint density at radius 1 is 1.10 bits per heavy atom. The summed E-state index contributed by atoms with van der Waals surface area (Å²) >= 11 is 0. The minimum atomic E-state index is -0.0527. The van der Waals surface area contributed by atoms with Gasteiger partial charge in [0.2, 0.25) is 11.7 Å². The maximum absolute atomic E-state index is 12.7. The Labute approximate surface area is 170 Å². The van der Waals surface area contributed by atoms with Crippen LogP contribution in [-0.4, -0.2) is 34.2 Å². The molecule has 0 spiro atoms. The number of aryl methyl sites for hydroxylation is 2. The van der Waals surface area contributed by atoms with Crippen molar-refractivity contribution in [2.45, 2.75) is 39.5 Å². The predicted molar refractivity (Wildman–Crippen MR) is 113 cm³/mol. The summed E-state index contributed by atoms with van der Waals surface area (Å²) in [6.07, 6.45) is 1.63. The summed E-state index contributed by atoms with van der Waals surface area (Å²) in [6.45, 7) is 7.46. The number of urea groups is 1. The SMILES string of the molecule is Cc1cccc(-c2noc(C3CCN(C(=O)Nc4cccc(C)c4C)CC3)n2)c1. The lowest BCUT2D eigenvalue weighted by atomic mass is 9.97. The lowest BCUT2D eigenvalue weighted by Crippen LogP contribution is -2.40. The fraction of sp³-hybridized carbons (Fsp3) is 0.348. The zero-order valence-corrected chi connectivity index (χ0v) is 17.1. The Morgan fingerprint density at radius 2 is 1.86 bits per heavy atom. The molecule has 150 valence electrons. The van der Waals surface area contributed by atoms with Crippen LogP contribution in [0.5, 0.6) is 0 Å². The smallest absolute Gasteiger partial charge is 0.321 e. The third kappa shape index (κ3) is 4.16. The number of aromatic nitrogens is 2. The molecule has 4 rings (SSSR count). The van der Waals surface area contributed by atoms with Crippen LogP contribution in [0.25, 0.3) is 11.4 Å². The van der Waals surface area contributed by atoms with Gasteiger partial charge in [0.05, 0.1) is 0 Å². The molecule has 3 aromatic rings. The third-order valence-electron chi connectivity index (χ3n) is 5.70. The van der Waals surface area contributed by atoms with Crippen molar-refractivity contribution < 1.29 is 9.32 Å². The van der Waals surface area contributed by atoms with Gasteiger partial charge >= 0.3 is 6.03 Å².